The minimum atomic E-state index is 0.0960. The first-order valence-corrected chi connectivity index (χ1v) is 6.93. The molecule has 4 heteroatoms. The van der Waals surface area contributed by atoms with Crippen molar-refractivity contribution in [2.45, 2.75) is 11.9 Å². The zero-order valence-corrected chi connectivity index (χ0v) is 11.0. The number of fused-ring (bicyclic) bond motifs is 3. The number of hydrogen-bond acceptors (Lipinski definition) is 2. The van der Waals surface area contributed by atoms with E-state index in [0.717, 1.165) is 23.7 Å². The number of carbonyl (C=O) groups excluding carboxylic acids is 1. The smallest absolute Gasteiger partial charge is 0.223 e. The van der Waals surface area contributed by atoms with Crippen LogP contribution in [0.5, 0.6) is 0 Å². The van der Waals surface area contributed by atoms with Crippen LogP contribution < -0.4 is 4.90 Å². The van der Waals surface area contributed by atoms with E-state index >= 15 is 0 Å². The number of amides is 1. The molecule has 0 spiro atoms. The molecule has 1 aliphatic heterocycles. The SMILES string of the molecule is CC(=O)N1CCSc2cccn2-c2ccccc21. The largest absolute Gasteiger partial charge is 0.310 e. The van der Waals surface area contributed by atoms with Crippen molar-refractivity contribution in [3.63, 3.8) is 0 Å². The second-order valence-electron chi connectivity index (χ2n) is 4.22. The predicted molar refractivity (Wildman–Crippen MR) is 74.5 cm³/mol. The summed E-state index contributed by atoms with van der Waals surface area (Å²) in [6.07, 6.45) is 2.05. The van der Waals surface area contributed by atoms with E-state index in [9.17, 15) is 4.79 Å². The Kier molecular flexibility index (Phi) is 2.88. The van der Waals surface area contributed by atoms with E-state index in [4.69, 9.17) is 0 Å². The van der Waals surface area contributed by atoms with Gasteiger partial charge >= 0.3 is 0 Å². The quantitative estimate of drug-likeness (QED) is 0.726. The third kappa shape index (κ3) is 1.82. The van der Waals surface area contributed by atoms with Gasteiger partial charge in [0.05, 0.1) is 16.4 Å². The Labute approximate surface area is 110 Å². The predicted octanol–water partition coefficient (Wildman–Crippen LogP) is 2.94. The summed E-state index contributed by atoms with van der Waals surface area (Å²) in [4.78, 5) is 13.6. The van der Waals surface area contributed by atoms with Crippen LogP contribution >= 0.6 is 11.8 Å². The maximum atomic E-state index is 11.8. The molecule has 0 N–H and O–H groups in total. The summed E-state index contributed by atoms with van der Waals surface area (Å²) in [6.45, 7) is 2.38. The second-order valence-corrected chi connectivity index (χ2v) is 5.34. The average molecular weight is 258 g/mol. The van der Waals surface area contributed by atoms with Gasteiger partial charge in [0.15, 0.2) is 0 Å². The lowest BCUT2D eigenvalue weighted by Crippen LogP contribution is -2.32. The highest BCUT2D eigenvalue weighted by atomic mass is 32.2. The van der Waals surface area contributed by atoms with Gasteiger partial charge in [0, 0.05) is 25.4 Å². The normalized spacial score (nSPS) is 14.4. The van der Waals surface area contributed by atoms with Gasteiger partial charge in [0.2, 0.25) is 5.91 Å². The monoisotopic (exact) mass is 258 g/mol. The number of para-hydroxylation sites is 2. The number of hydrogen-bond donors (Lipinski definition) is 0. The molecule has 0 bridgehead atoms. The van der Waals surface area contributed by atoms with Crippen LogP contribution in [0.4, 0.5) is 5.69 Å². The molecule has 18 heavy (non-hydrogen) atoms. The van der Waals surface area contributed by atoms with Gasteiger partial charge in [-0.2, -0.15) is 0 Å². The first-order chi connectivity index (χ1) is 8.77. The molecule has 0 fully saturated rings. The van der Waals surface area contributed by atoms with Crippen LogP contribution in [0, 0.1) is 0 Å². The molecular formula is C14H14N2OS. The van der Waals surface area contributed by atoms with Gasteiger partial charge in [-0.1, -0.05) is 12.1 Å². The topological polar surface area (TPSA) is 25.2 Å². The highest BCUT2D eigenvalue weighted by Crippen LogP contribution is 2.32. The van der Waals surface area contributed by atoms with Gasteiger partial charge in [-0.15, -0.1) is 11.8 Å². The molecule has 0 unspecified atom stereocenters. The average Bonchev–Trinajstić information content (AvgIpc) is 2.79. The van der Waals surface area contributed by atoms with E-state index in [2.05, 4.69) is 16.7 Å². The van der Waals surface area contributed by atoms with Gasteiger partial charge < -0.3 is 9.47 Å². The molecule has 0 aliphatic carbocycles. The fraction of sp³-hybridized carbons (Fsp3) is 0.214. The van der Waals surface area contributed by atoms with Crippen molar-refractivity contribution in [1.82, 2.24) is 4.57 Å². The van der Waals surface area contributed by atoms with Gasteiger partial charge in [-0.3, -0.25) is 4.79 Å². The molecule has 92 valence electrons. The Balaban J connectivity index is 2.21. The first-order valence-electron chi connectivity index (χ1n) is 5.95. The highest BCUT2D eigenvalue weighted by Gasteiger charge is 2.19. The third-order valence-corrected chi connectivity index (χ3v) is 4.10. The molecule has 1 aromatic carbocycles. The van der Waals surface area contributed by atoms with E-state index in [1.807, 2.05) is 35.4 Å². The lowest BCUT2D eigenvalue weighted by molar-refractivity contribution is -0.116. The fourth-order valence-corrected chi connectivity index (χ4v) is 3.22. The molecule has 0 saturated heterocycles. The van der Waals surface area contributed by atoms with E-state index in [0.29, 0.717) is 0 Å². The minimum Gasteiger partial charge on any atom is -0.310 e. The van der Waals surface area contributed by atoms with Crippen molar-refractivity contribution < 1.29 is 4.79 Å². The Morgan fingerprint density at radius 1 is 1.17 bits per heavy atom. The number of nitrogens with zero attached hydrogens (tertiary/aromatic N) is 2. The van der Waals surface area contributed by atoms with Crippen LogP contribution in [0.25, 0.3) is 5.69 Å². The summed E-state index contributed by atoms with van der Waals surface area (Å²) in [6, 6.07) is 12.2. The molecule has 3 rings (SSSR count). The van der Waals surface area contributed by atoms with Crippen molar-refractivity contribution in [3.05, 3.63) is 42.6 Å². The summed E-state index contributed by atoms with van der Waals surface area (Å²) in [7, 11) is 0. The van der Waals surface area contributed by atoms with E-state index in [1.54, 1.807) is 18.7 Å². The zero-order chi connectivity index (χ0) is 12.5. The summed E-state index contributed by atoms with van der Waals surface area (Å²) in [5.74, 6) is 1.01. The molecule has 0 saturated carbocycles. The van der Waals surface area contributed by atoms with Crippen molar-refractivity contribution >= 4 is 23.4 Å². The Hall–Kier alpha value is -1.68. The van der Waals surface area contributed by atoms with Crippen molar-refractivity contribution in [2.24, 2.45) is 0 Å². The lowest BCUT2D eigenvalue weighted by Gasteiger charge is -2.27. The Bertz CT molecular complexity index is 591. The van der Waals surface area contributed by atoms with Crippen molar-refractivity contribution in [2.75, 3.05) is 17.2 Å². The Morgan fingerprint density at radius 2 is 1.94 bits per heavy atom. The van der Waals surface area contributed by atoms with Crippen LogP contribution in [-0.2, 0) is 4.79 Å². The second kappa shape index (κ2) is 4.53. The van der Waals surface area contributed by atoms with Crippen LogP contribution in [0.1, 0.15) is 6.92 Å². The van der Waals surface area contributed by atoms with Gasteiger partial charge in [0.25, 0.3) is 0 Å². The van der Waals surface area contributed by atoms with Gasteiger partial charge in [0.1, 0.15) is 0 Å². The van der Waals surface area contributed by atoms with Crippen molar-refractivity contribution in [1.29, 1.82) is 0 Å². The summed E-state index contributed by atoms with van der Waals surface area (Å²) >= 11 is 1.78. The van der Waals surface area contributed by atoms with Crippen LogP contribution in [0.2, 0.25) is 0 Å². The molecule has 0 radical (unpaired) electrons. The standard InChI is InChI=1S/C14H14N2OS/c1-11(17)15-9-10-18-14-7-4-8-16(14)13-6-3-2-5-12(13)15/h2-8H,9-10H2,1H3. The summed E-state index contributed by atoms with van der Waals surface area (Å²) in [5.41, 5.74) is 2.06. The van der Waals surface area contributed by atoms with Crippen molar-refractivity contribution in [3.8, 4) is 5.69 Å². The zero-order valence-electron chi connectivity index (χ0n) is 10.2. The van der Waals surface area contributed by atoms with E-state index in [1.165, 1.54) is 5.03 Å². The highest BCUT2D eigenvalue weighted by molar-refractivity contribution is 7.99. The molecular weight excluding hydrogens is 244 g/mol. The molecule has 0 atom stereocenters. The third-order valence-electron chi connectivity index (χ3n) is 3.09. The number of benzene rings is 1. The molecule has 2 aromatic rings. The van der Waals surface area contributed by atoms with E-state index in [-0.39, 0.29) is 5.91 Å². The molecule has 2 heterocycles. The number of carbonyl (C=O) groups is 1. The molecule has 1 amide bonds. The van der Waals surface area contributed by atoms with Gasteiger partial charge in [-0.25, -0.2) is 0 Å². The van der Waals surface area contributed by atoms with E-state index < -0.39 is 0 Å². The first kappa shape index (κ1) is 11.4. The fourth-order valence-electron chi connectivity index (χ4n) is 2.27. The van der Waals surface area contributed by atoms with Crippen LogP contribution in [0.3, 0.4) is 0 Å². The summed E-state index contributed by atoms with van der Waals surface area (Å²) in [5, 5.41) is 1.23. The number of anilines is 1. The number of thioether (sulfide) groups is 1. The number of rotatable bonds is 0. The molecule has 1 aromatic heterocycles. The summed E-state index contributed by atoms with van der Waals surface area (Å²) < 4.78 is 2.15. The maximum Gasteiger partial charge on any atom is 0.223 e. The van der Waals surface area contributed by atoms with Gasteiger partial charge in [-0.05, 0) is 24.3 Å². The van der Waals surface area contributed by atoms with Crippen LogP contribution in [-0.4, -0.2) is 22.8 Å². The number of aromatic nitrogens is 1. The molecule has 1 aliphatic rings. The Morgan fingerprint density at radius 3 is 2.72 bits per heavy atom. The maximum absolute atomic E-state index is 11.8. The lowest BCUT2D eigenvalue weighted by atomic mass is 10.2. The molecule has 3 nitrogen and oxygen atoms in total. The minimum absolute atomic E-state index is 0.0960. The van der Waals surface area contributed by atoms with Crippen LogP contribution in [0.15, 0.2) is 47.6 Å².